The molecule has 33 heavy (non-hydrogen) atoms. The molecule has 0 bridgehead atoms. The predicted octanol–water partition coefficient (Wildman–Crippen LogP) is 2.93. The van der Waals surface area contributed by atoms with Crippen LogP contribution in [0.5, 0.6) is 0 Å². The van der Waals surface area contributed by atoms with Crippen molar-refractivity contribution >= 4 is 19.2 Å². The lowest BCUT2D eigenvalue weighted by atomic mass is 9.91. The molecule has 1 saturated carbocycles. The number of amides is 1. The summed E-state index contributed by atoms with van der Waals surface area (Å²) < 4.78 is 55.0. The Balaban J connectivity index is 1.92. The van der Waals surface area contributed by atoms with E-state index in [1.807, 2.05) is 18.2 Å². The maximum Gasteiger partial charge on any atom is 0.494 e. The molecule has 186 valence electrons. The molecule has 8 nitrogen and oxygen atoms in total. The third-order valence-electron chi connectivity index (χ3n) is 5.38. The van der Waals surface area contributed by atoms with Gasteiger partial charge in [0.25, 0.3) is 7.37 Å². The molecule has 2 rings (SSSR count). The number of alkyl halides is 3. The smallest absolute Gasteiger partial charge is 0.391 e. The first-order chi connectivity index (χ1) is 15.5. The molecule has 1 fully saturated rings. The van der Waals surface area contributed by atoms with Gasteiger partial charge in [-0.15, -0.1) is 4.67 Å². The van der Waals surface area contributed by atoms with Crippen molar-refractivity contribution in [2.45, 2.75) is 56.8 Å². The zero-order valence-electron chi connectivity index (χ0n) is 18.1. The first-order valence-corrected chi connectivity index (χ1v) is 12.8. The van der Waals surface area contributed by atoms with Crippen LogP contribution in [0.3, 0.4) is 0 Å². The summed E-state index contributed by atoms with van der Waals surface area (Å²) in [6.45, 7) is -0.341. The van der Waals surface area contributed by atoms with Crippen LogP contribution in [-0.4, -0.2) is 54.2 Å². The second-order valence-corrected chi connectivity index (χ2v) is 10.8. The van der Waals surface area contributed by atoms with Gasteiger partial charge in [-0.05, 0) is 30.7 Å². The summed E-state index contributed by atoms with van der Waals surface area (Å²) >= 11 is 0. The molecule has 1 aromatic carbocycles. The Hall–Kier alpha value is -1.94. The largest absolute Gasteiger partial charge is 0.494 e. The molecule has 1 aromatic rings. The van der Waals surface area contributed by atoms with E-state index in [9.17, 15) is 32.4 Å². The Morgan fingerprint density at radius 3 is 2.42 bits per heavy atom. The topological polar surface area (TPSA) is 128 Å². The summed E-state index contributed by atoms with van der Waals surface area (Å²) in [5.74, 6) is -3.26. The van der Waals surface area contributed by atoms with Gasteiger partial charge in [-0.3, -0.25) is 14.2 Å². The highest BCUT2D eigenvalue weighted by Gasteiger charge is 2.44. The predicted molar refractivity (Wildman–Crippen MR) is 114 cm³/mol. The quantitative estimate of drug-likeness (QED) is 0.245. The van der Waals surface area contributed by atoms with Crippen LogP contribution < -0.4 is 11.1 Å². The van der Waals surface area contributed by atoms with E-state index in [1.54, 1.807) is 12.1 Å². The SMILES string of the molecule is N[C@@H](Cc1ccccc1)C(=O)NC[C@@H](O)CP(=O)(CC1CCCCC1)OOC(=O)C(F)(F)F. The molecule has 4 N–H and O–H groups in total. The molecular weight excluding hydrogens is 464 g/mol. The first-order valence-electron chi connectivity index (χ1n) is 10.8. The zero-order chi connectivity index (χ0) is 24.5. The fourth-order valence-corrected chi connectivity index (χ4v) is 6.14. The summed E-state index contributed by atoms with van der Waals surface area (Å²) in [4.78, 5) is 27.0. The van der Waals surface area contributed by atoms with E-state index in [4.69, 9.17) is 5.73 Å². The lowest BCUT2D eigenvalue weighted by Crippen LogP contribution is -2.45. The van der Waals surface area contributed by atoms with Crippen LogP contribution in [0.25, 0.3) is 0 Å². The number of aliphatic hydroxyl groups is 1. The van der Waals surface area contributed by atoms with Crippen molar-refractivity contribution < 1.29 is 42.0 Å². The van der Waals surface area contributed by atoms with Gasteiger partial charge >= 0.3 is 12.1 Å². The van der Waals surface area contributed by atoms with Crippen molar-refractivity contribution in [2.75, 3.05) is 18.9 Å². The number of carbonyl (C=O) groups excluding carboxylic acids is 2. The number of hydrogen-bond donors (Lipinski definition) is 3. The molecule has 1 aliphatic rings. The molecule has 1 aliphatic carbocycles. The molecule has 3 atom stereocenters. The summed E-state index contributed by atoms with van der Waals surface area (Å²) in [6.07, 6.45) is -2.98. The minimum absolute atomic E-state index is 0.0877. The van der Waals surface area contributed by atoms with Gasteiger partial charge in [0.2, 0.25) is 5.91 Å². The van der Waals surface area contributed by atoms with Gasteiger partial charge in [0.15, 0.2) is 0 Å². The van der Waals surface area contributed by atoms with Crippen molar-refractivity contribution in [1.82, 2.24) is 5.32 Å². The van der Waals surface area contributed by atoms with Crippen LogP contribution in [-0.2, 0) is 30.1 Å². The average molecular weight is 494 g/mol. The number of carbonyl (C=O) groups is 2. The van der Waals surface area contributed by atoms with Gasteiger partial charge in [0, 0.05) is 12.7 Å². The molecule has 0 spiro atoms. The molecule has 12 heteroatoms. The molecular formula is C21H30F3N2O6P. The van der Waals surface area contributed by atoms with Gasteiger partial charge in [-0.1, -0.05) is 49.6 Å². The lowest BCUT2D eigenvalue weighted by Gasteiger charge is -2.27. The highest BCUT2D eigenvalue weighted by molar-refractivity contribution is 7.58. The van der Waals surface area contributed by atoms with E-state index >= 15 is 0 Å². The summed E-state index contributed by atoms with van der Waals surface area (Å²) in [5, 5.41) is 12.7. The molecule has 1 amide bonds. The Morgan fingerprint density at radius 2 is 1.82 bits per heavy atom. The molecule has 0 aromatic heterocycles. The summed E-state index contributed by atoms with van der Waals surface area (Å²) in [5.41, 5.74) is 6.72. The van der Waals surface area contributed by atoms with Crippen LogP contribution >= 0.6 is 7.37 Å². The van der Waals surface area contributed by atoms with E-state index in [0.717, 1.165) is 24.8 Å². The first kappa shape index (κ1) is 27.3. The standard InChI is InChI=1S/C21H30F3N2O6P/c22-21(23,24)20(29)31-32-33(30,13-16-9-5-2-6-10-16)14-17(27)12-26-19(28)18(25)11-15-7-3-1-4-8-15/h1,3-4,7-8,16-18,27H,2,5-6,9-14,25H2,(H,26,28)/t17-,18+,33?/m1/s1. The number of nitrogens with two attached hydrogens (primary N) is 1. The zero-order valence-corrected chi connectivity index (χ0v) is 19.0. The number of hydrogen-bond acceptors (Lipinski definition) is 7. The van der Waals surface area contributed by atoms with Crippen molar-refractivity contribution in [2.24, 2.45) is 11.7 Å². The number of nitrogens with one attached hydrogen (secondary N) is 1. The average Bonchev–Trinajstić information content (AvgIpc) is 2.76. The Kier molecular flexibility index (Phi) is 10.3. The van der Waals surface area contributed by atoms with E-state index in [1.165, 1.54) is 0 Å². The molecule has 0 saturated heterocycles. The fraction of sp³-hybridized carbons (Fsp3) is 0.619. The van der Waals surface area contributed by atoms with Gasteiger partial charge < -0.3 is 16.2 Å². The maximum absolute atomic E-state index is 13.2. The Labute approximate surface area is 190 Å². The molecule has 0 radical (unpaired) electrons. The van der Waals surface area contributed by atoms with Crippen molar-refractivity contribution in [3.8, 4) is 0 Å². The lowest BCUT2D eigenvalue weighted by molar-refractivity contribution is -0.257. The van der Waals surface area contributed by atoms with Gasteiger partial charge in [-0.25, -0.2) is 4.79 Å². The molecule has 0 aliphatic heterocycles. The van der Waals surface area contributed by atoms with Crippen LogP contribution in [0.4, 0.5) is 13.2 Å². The van der Waals surface area contributed by atoms with Crippen LogP contribution in [0.15, 0.2) is 30.3 Å². The molecule has 1 unspecified atom stereocenters. The third-order valence-corrected chi connectivity index (χ3v) is 7.77. The molecule has 0 heterocycles. The Morgan fingerprint density at radius 1 is 1.18 bits per heavy atom. The number of benzene rings is 1. The minimum Gasteiger partial charge on any atom is -0.391 e. The van der Waals surface area contributed by atoms with E-state index in [0.29, 0.717) is 12.8 Å². The second kappa shape index (κ2) is 12.5. The minimum atomic E-state index is -5.31. The monoisotopic (exact) mass is 494 g/mol. The highest BCUT2D eigenvalue weighted by atomic mass is 31.2. The van der Waals surface area contributed by atoms with Crippen molar-refractivity contribution in [1.29, 1.82) is 0 Å². The number of aliphatic hydroxyl groups excluding tert-OH is 1. The normalized spacial score (nSPS) is 18.7. The van der Waals surface area contributed by atoms with E-state index < -0.39 is 43.7 Å². The number of halogens is 3. The van der Waals surface area contributed by atoms with Gasteiger partial charge in [-0.2, -0.15) is 13.2 Å². The van der Waals surface area contributed by atoms with Crippen LogP contribution in [0.1, 0.15) is 37.7 Å². The summed E-state index contributed by atoms with van der Waals surface area (Å²) in [7, 11) is -3.98. The second-order valence-electron chi connectivity index (χ2n) is 8.32. The van der Waals surface area contributed by atoms with Gasteiger partial charge in [0.05, 0.1) is 18.3 Å². The van der Waals surface area contributed by atoms with E-state index in [2.05, 4.69) is 14.9 Å². The van der Waals surface area contributed by atoms with Gasteiger partial charge in [0.1, 0.15) is 0 Å². The van der Waals surface area contributed by atoms with Crippen LogP contribution in [0.2, 0.25) is 0 Å². The summed E-state index contributed by atoms with van der Waals surface area (Å²) in [6, 6.07) is 8.16. The van der Waals surface area contributed by atoms with Crippen LogP contribution in [0, 0.1) is 5.92 Å². The maximum atomic E-state index is 13.2. The van der Waals surface area contributed by atoms with E-state index in [-0.39, 0.29) is 25.0 Å². The van der Waals surface area contributed by atoms with Crippen molar-refractivity contribution in [3.05, 3.63) is 35.9 Å². The highest BCUT2D eigenvalue weighted by Crippen LogP contribution is 2.51. The fourth-order valence-electron chi connectivity index (χ4n) is 3.74. The number of rotatable bonds is 11. The Bertz CT molecular complexity index is 818. The third kappa shape index (κ3) is 9.83. The van der Waals surface area contributed by atoms with Crippen molar-refractivity contribution in [3.63, 3.8) is 0 Å².